The molecule has 1 N–H and O–H groups in total. The molecule has 4 aromatic rings. The van der Waals surface area contributed by atoms with Crippen molar-refractivity contribution in [1.82, 2.24) is 34.7 Å². The molecule has 4 aliphatic rings. The molecule has 192 valence electrons. The topological polar surface area (TPSA) is 76.2 Å². The van der Waals surface area contributed by atoms with Gasteiger partial charge in [-0.05, 0) is 66.5 Å². The standard InChI is InChI=1S/C29H36N8/c1-21(2)29-17-28(18-29,19-29)20-31-10-22-5-6-27-32-24(14-36(27)13-22)15-37-16-26(33-34-37)23-9-25(12-30-11-23)35-7-3-4-8-35/h5-6,9,11-14,16,21,31H,3-4,7-8,10,15,17-20H2,1-2H3. The number of hydrogen-bond donors (Lipinski definition) is 1. The molecule has 0 atom stereocenters. The van der Waals surface area contributed by atoms with Crippen LogP contribution in [0.25, 0.3) is 16.9 Å². The SMILES string of the molecule is CC(C)C12CC(CNCc3ccc4nc(Cn5cc(-c6cncc(N7CCCC7)c6)nn5)cn4c3)(C1)C2. The molecule has 4 fully saturated rings. The van der Waals surface area contributed by atoms with E-state index in [2.05, 4.69) is 74.4 Å². The Balaban J connectivity index is 0.981. The van der Waals surface area contributed by atoms with Gasteiger partial charge < -0.3 is 14.6 Å². The number of aromatic nitrogens is 6. The first-order valence-electron chi connectivity index (χ1n) is 13.8. The van der Waals surface area contributed by atoms with Crippen LogP contribution in [0.1, 0.15) is 57.2 Å². The fraction of sp³-hybridized carbons (Fsp3) is 0.517. The average Bonchev–Trinajstić information content (AvgIpc) is 3.60. The summed E-state index contributed by atoms with van der Waals surface area (Å²) < 4.78 is 3.98. The first kappa shape index (κ1) is 22.9. The summed E-state index contributed by atoms with van der Waals surface area (Å²) in [7, 11) is 0. The van der Waals surface area contributed by atoms with Crippen molar-refractivity contribution in [3.8, 4) is 11.3 Å². The van der Waals surface area contributed by atoms with Gasteiger partial charge in [0.2, 0.25) is 0 Å². The minimum Gasteiger partial charge on any atom is -0.370 e. The molecule has 37 heavy (non-hydrogen) atoms. The lowest BCUT2D eigenvalue weighted by molar-refractivity contribution is -0.226. The second kappa shape index (κ2) is 8.65. The zero-order valence-electron chi connectivity index (χ0n) is 21.9. The van der Waals surface area contributed by atoms with Crippen molar-refractivity contribution in [1.29, 1.82) is 0 Å². The number of pyridine rings is 2. The Morgan fingerprint density at radius 2 is 1.86 bits per heavy atom. The summed E-state index contributed by atoms with van der Waals surface area (Å²) in [6, 6.07) is 6.46. The van der Waals surface area contributed by atoms with E-state index in [0.29, 0.717) is 17.4 Å². The van der Waals surface area contributed by atoms with Crippen LogP contribution >= 0.6 is 0 Å². The van der Waals surface area contributed by atoms with Gasteiger partial charge in [-0.2, -0.15) is 0 Å². The van der Waals surface area contributed by atoms with Crippen molar-refractivity contribution in [2.45, 2.75) is 59.0 Å². The third kappa shape index (κ3) is 4.11. The van der Waals surface area contributed by atoms with Crippen molar-refractivity contribution in [2.24, 2.45) is 16.7 Å². The van der Waals surface area contributed by atoms with Gasteiger partial charge in [-0.15, -0.1) is 5.10 Å². The van der Waals surface area contributed by atoms with Crippen molar-refractivity contribution in [3.05, 3.63) is 60.4 Å². The highest BCUT2D eigenvalue weighted by atomic mass is 15.4. The van der Waals surface area contributed by atoms with Gasteiger partial charge in [0, 0.05) is 50.3 Å². The first-order valence-corrected chi connectivity index (χ1v) is 13.8. The lowest BCUT2D eigenvalue weighted by Crippen LogP contribution is -2.67. The molecule has 3 saturated carbocycles. The number of hydrogen-bond acceptors (Lipinski definition) is 6. The van der Waals surface area contributed by atoms with Crippen LogP contribution in [-0.4, -0.2) is 49.0 Å². The molecule has 0 amide bonds. The van der Waals surface area contributed by atoms with Gasteiger partial charge in [0.05, 0.1) is 30.3 Å². The van der Waals surface area contributed by atoms with E-state index in [9.17, 15) is 0 Å². The van der Waals surface area contributed by atoms with Crippen LogP contribution in [0, 0.1) is 16.7 Å². The maximum absolute atomic E-state index is 4.80. The molecule has 4 aromatic heterocycles. The van der Waals surface area contributed by atoms with E-state index in [4.69, 9.17) is 4.98 Å². The molecule has 0 spiro atoms. The zero-order valence-corrected chi connectivity index (χ0v) is 21.9. The Hall–Kier alpha value is -3.26. The van der Waals surface area contributed by atoms with E-state index in [1.54, 1.807) is 0 Å². The van der Waals surface area contributed by atoms with Gasteiger partial charge in [-0.25, -0.2) is 9.67 Å². The second-order valence-electron chi connectivity index (χ2n) is 12.1. The van der Waals surface area contributed by atoms with Crippen molar-refractivity contribution >= 4 is 11.3 Å². The summed E-state index contributed by atoms with van der Waals surface area (Å²) in [6.07, 6.45) is 16.8. The predicted octanol–water partition coefficient (Wildman–Crippen LogP) is 4.55. The Morgan fingerprint density at radius 1 is 1.03 bits per heavy atom. The number of nitrogens with one attached hydrogen (secondary N) is 1. The molecule has 5 heterocycles. The predicted molar refractivity (Wildman–Crippen MR) is 144 cm³/mol. The molecule has 0 unspecified atom stereocenters. The van der Waals surface area contributed by atoms with Crippen molar-refractivity contribution < 1.29 is 0 Å². The number of anilines is 1. The highest BCUT2D eigenvalue weighted by Gasteiger charge is 2.67. The first-order chi connectivity index (χ1) is 18.0. The number of imidazole rings is 1. The van der Waals surface area contributed by atoms with Gasteiger partial charge in [0.15, 0.2) is 0 Å². The summed E-state index contributed by atoms with van der Waals surface area (Å²) in [4.78, 5) is 11.6. The van der Waals surface area contributed by atoms with E-state index in [0.717, 1.165) is 54.7 Å². The summed E-state index contributed by atoms with van der Waals surface area (Å²) in [5.41, 5.74) is 7.48. The maximum Gasteiger partial charge on any atom is 0.137 e. The van der Waals surface area contributed by atoms with Crippen LogP contribution in [0.15, 0.2) is 49.2 Å². The Labute approximate surface area is 218 Å². The normalized spacial score (nSPS) is 24.6. The van der Waals surface area contributed by atoms with Gasteiger partial charge in [0.25, 0.3) is 0 Å². The minimum atomic E-state index is 0.582. The Kier molecular flexibility index (Phi) is 5.36. The highest BCUT2D eigenvalue weighted by molar-refractivity contribution is 5.63. The number of rotatable bonds is 9. The van der Waals surface area contributed by atoms with Gasteiger partial charge in [-0.1, -0.05) is 25.1 Å². The summed E-state index contributed by atoms with van der Waals surface area (Å²) >= 11 is 0. The lowest BCUT2D eigenvalue weighted by atomic mass is 9.32. The largest absolute Gasteiger partial charge is 0.370 e. The number of nitrogens with zero attached hydrogens (tertiary/aromatic N) is 7. The van der Waals surface area contributed by atoms with Crippen LogP contribution in [-0.2, 0) is 13.1 Å². The maximum atomic E-state index is 4.80. The van der Waals surface area contributed by atoms with E-state index < -0.39 is 0 Å². The monoisotopic (exact) mass is 496 g/mol. The molecule has 0 radical (unpaired) electrons. The summed E-state index contributed by atoms with van der Waals surface area (Å²) in [5, 5.41) is 12.5. The molecule has 1 saturated heterocycles. The van der Waals surface area contributed by atoms with Crippen LogP contribution in [0.3, 0.4) is 0 Å². The molecular weight excluding hydrogens is 460 g/mol. The molecular formula is C29H36N8. The smallest absolute Gasteiger partial charge is 0.137 e. The van der Waals surface area contributed by atoms with E-state index in [-0.39, 0.29) is 0 Å². The average molecular weight is 497 g/mol. The molecule has 8 rings (SSSR count). The van der Waals surface area contributed by atoms with Crippen LogP contribution < -0.4 is 10.2 Å². The van der Waals surface area contributed by atoms with E-state index in [1.165, 1.54) is 43.4 Å². The Bertz CT molecular complexity index is 1410. The lowest BCUT2D eigenvalue weighted by Gasteiger charge is -2.73. The van der Waals surface area contributed by atoms with E-state index >= 15 is 0 Å². The third-order valence-corrected chi connectivity index (χ3v) is 9.15. The molecule has 2 bridgehead atoms. The molecule has 8 nitrogen and oxygen atoms in total. The fourth-order valence-corrected chi connectivity index (χ4v) is 7.02. The molecule has 3 aliphatic carbocycles. The fourth-order valence-electron chi connectivity index (χ4n) is 7.02. The van der Waals surface area contributed by atoms with Crippen LogP contribution in [0.5, 0.6) is 0 Å². The third-order valence-electron chi connectivity index (χ3n) is 9.15. The summed E-state index contributed by atoms with van der Waals surface area (Å²) in [6.45, 7) is 9.60. The van der Waals surface area contributed by atoms with E-state index in [1.807, 2.05) is 23.3 Å². The molecule has 8 heteroatoms. The highest BCUT2D eigenvalue weighted by Crippen LogP contribution is 2.75. The van der Waals surface area contributed by atoms with Crippen LogP contribution in [0.4, 0.5) is 5.69 Å². The van der Waals surface area contributed by atoms with Crippen molar-refractivity contribution in [3.63, 3.8) is 0 Å². The molecule has 0 aromatic carbocycles. The quantitative estimate of drug-likeness (QED) is 0.366. The zero-order chi connectivity index (χ0) is 25.0. The minimum absolute atomic E-state index is 0.582. The molecule has 1 aliphatic heterocycles. The van der Waals surface area contributed by atoms with Gasteiger partial charge >= 0.3 is 0 Å². The van der Waals surface area contributed by atoms with Crippen LogP contribution in [0.2, 0.25) is 0 Å². The van der Waals surface area contributed by atoms with Crippen molar-refractivity contribution in [2.75, 3.05) is 24.5 Å². The van der Waals surface area contributed by atoms with Gasteiger partial charge in [0.1, 0.15) is 11.3 Å². The number of fused-ring (bicyclic) bond motifs is 1. The second-order valence-corrected chi connectivity index (χ2v) is 12.1. The summed E-state index contributed by atoms with van der Waals surface area (Å²) in [5.74, 6) is 0.833. The Morgan fingerprint density at radius 3 is 2.68 bits per heavy atom. The van der Waals surface area contributed by atoms with Gasteiger partial charge in [-0.3, -0.25) is 4.98 Å².